The van der Waals surface area contributed by atoms with Crippen molar-refractivity contribution >= 4 is 12.0 Å². The molecule has 1 aromatic carbocycles. The molecule has 3 nitrogen and oxygen atoms in total. The number of methoxy groups -OCH3 is 1. The first-order valence-electron chi connectivity index (χ1n) is 10.2. The van der Waals surface area contributed by atoms with Crippen molar-refractivity contribution in [2.24, 2.45) is 23.2 Å². The molecule has 1 N–H and O–H groups in total. The second kappa shape index (κ2) is 7.09. The van der Waals surface area contributed by atoms with Gasteiger partial charge in [-0.25, -0.2) is 0 Å². The summed E-state index contributed by atoms with van der Waals surface area (Å²) in [6.07, 6.45) is 12.9. The van der Waals surface area contributed by atoms with Gasteiger partial charge in [-0.05, 0) is 80.3 Å². The van der Waals surface area contributed by atoms with Crippen LogP contribution in [0.1, 0.15) is 57.4 Å². The van der Waals surface area contributed by atoms with Crippen LogP contribution in [-0.2, 0) is 4.79 Å². The summed E-state index contributed by atoms with van der Waals surface area (Å²) < 4.78 is 5.36. The number of ether oxygens (including phenoxy) is 1. The van der Waals surface area contributed by atoms with Gasteiger partial charge in [-0.3, -0.25) is 4.79 Å². The smallest absolute Gasteiger partial charge is 0.244 e. The van der Waals surface area contributed by atoms with Gasteiger partial charge in [0.15, 0.2) is 0 Å². The minimum atomic E-state index is 0.0264. The number of carbonyl (C=O) groups is 1. The van der Waals surface area contributed by atoms with E-state index in [-0.39, 0.29) is 5.91 Å². The topological polar surface area (TPSA) is 38.3 Å². The third kappa shape index (κ3) is 3.28. The summed E-state index contributed by atoms with van der Waals surface area (Å²) in [7, 11) is 1.66. The molecular formula is C23H31NO2. The number of rotatable bonds is 6. The fraction of sp³-hybridized carbons (Fsp3) is 0.609. The number of hydrogen-bond acceptors (Lipinski definition) is 2. The molecule has 3 heteroatoms. The summed E-state index contributed by atoms with van der Waals surface area (Å²) in [5, 5.41) is 3.36. The maximum Gasteiger partial charge on any atom is 0.244 e. The van der Waals surface area contributed by atoms with Crippen molar-refractivity contribution in [2.75, 3.05) is 7.11 Å². The molecule has 5 rings (SSSR count). The first-order valence-corrected chi connectivity index (χ1v) is 10.2. The molecule has 0 spiro atoms. The molecular weight excluding hydrogens is 322 g/mol. The van der Waals surface area contributed by atoms with Gasteiger partial charge < -0.3 is 10.1 Å². The number of amides is 1. The Kier molecular flexibility index (Phi) is 4.81. The maximum absolute atomic E-state index is 12.6. The fourth-order valence-corrected chi connectivity index (χ4v) is 6.48. The van der Waals surface area contributed by atoms with Crippen molar-refractivity contribution in [1.82, 2.24) is 5.32 Å². The summed E-state index contributed by atoms with van der Waals surface area (Å²) >= 11 is 0. The van der Waals surface area contributed by atoms with Gasteiger partial charge in [-0.2, -0.15) is 0 Å². The Morgan fingerprint density at radius 2 is 1.81 bits per heavy atom. The van der Waals surface area contributed by atoms with Crippen LogP contribution < -0.4 is 10.1 Å². The van der Waals surface area contributed by atoms with E-state index in [1.54, 1.807) is 13.2 Å². The molecule has 4 saturated carbocycles. The zero-order chi connectivity index (χ0) is 18.1. The van der Waals surface area contributed by atoms with Crippen LogP contribution in [-0.4, -0.2) is 19.1 Å². The van der Waals surface area contributed by atoms with Crippen LogP contribution >= 0.6 is 0 Å². The first kappa shape index (κ1) is 17.6. The minimum absolute atomic E-state index is 0.0264. The molecule has 4 aliphatic carbocycles. The molecule has 140 valence electrons. The van der Waals surface area contributed by atoms with E-state index in [1.165, 1.54) is 38.5 Å². The number of para-hydroxylation sites is 1. The Bertz CT molecular complexity index is 658. The van der Waals surface area contributed by atoms with Gasteiger partial charge in [0.2, 0.25) is 5.91 Å². The van der Waals surface area contributed by atoms with E-state index in [1.807, 2.05) is 30.3 Å². The van der Waals surface area contributed by atoms with E-state index in [2.05, 4.69) is 12.2 Å². The Morgan fingerprint density at radius 3 is 2.38 bits per heavy atom. The molecule has 4 fully saturated rings. The van der Waals surface area contributed by atoms with Crippen LogP contribution in [0, 0.1) is 23.2 Å². The van der Waals surface area contributed by atoms with E-state index >= 15 is 0 Å². The highest BCUT2D eigenvalue weighted by molar-refractivity contribution is 5.92. The van der Waals surface area contributed by atoms with Gasteiger partial charge in [-0.1, -0.05) is 25.1 Å². The second-order valence-electron chi connectivity index (χ2n) is 8.82. The number of nitrogens with one attached hydrogen (secondary N) is 1. The van der Waals surface area contributed by atoms with E-state index < -0.39 is 0 Å². The van der Waals surface area contributed by atoms with Crippen LogP contribution in [0.5, 0.6) is 5.75 Å². The van der Waals surface area contributed by atoms with E-state index in [0.29, 0.717) is 11.5 Å². The van der Waals surface area contributed by atoms with Crippen LogP contribution in [0.4, 0.5) is 0 Å². The molecule has 0 aromatic heterocycles. The van der Waals surface area contributed by atoms with E-state index in [4.69, 9.17) is 4.74 Å². The van der Waals surface area contributed by atoms with Crippen LogP contribution in [0.2, 0.25) is 0 Å². The van der Waals surface area contributed by atoms with Crippen LogP contribution in [0.3, 0.4) is 0 Å². The molecule has 1 aromatic rings. The molecule has 0 radical (unpaired) electrons. The van der Waals surface area contributed by atoms with E-state index in [9.17, 15) is 4.79 Å². The summed E-state index contributed by atoms with van der Waals surface area (Å²) in [6.45, 7) is 2.23. The SMILES string of the molecule is CC[C@@H](NC(=O)/C=C/c1ccccc1OC)C12CC3CC(CC(C3)C1)C2. The summed E-state index contributed by atoms with van der Waals surface area (Å²) in [5.41, 5.74) is 1.30. The van der Waals surface area contributed by atoms with Crippen molar-refractivity contribution in [3.63, 3.8) is 0 Å². The predicted molar refractivity (Wildman–Crippen MR) is 105 cm³/mol. The third-order valence-corrected chi connectivity index (χ3v) is 7.10. The average molecular weight is 354 g/mol. The summed E-state index contributed by atoms with van der Waals surface area (Å²) in [6, 6.07) is 8.10. The van der Waals surface area contributed by atoms with Crippen molar-refractivity contribution in [3.05, 3.63) is 35.9 Å². The molecule has 1 atom stereocenters. The average Bonchev–Trinajstić information content (AvgIpc) is 2.63. The van der Waals surface area contributed by atoms with E-state index in [0.717, 1.165) is 35.5 Å². The standard InChI is InChI=1S/C23H31NO2/c1-3-21(23-13-16-10-17(14-23)12-18(11-16)15-23)24-22(25)9-8-19-6-4-5-7-20(19)26-2/h4-9,16-18,21H,3,10-15H2,1-2H3,(H,24,25)/b9-8+/t16?,17?,18?,21-,23?/m1/s1. The number of benzene rings is 1. The Labute approximate surface area is 157 Å². The normalized spacial score (nSPS) is 33.4. The molecule has 1 amide bonds. The molecule has 4 bridgehead atoms. The van der Waals surface area contributed by atoms with Crippen molar-refractivity contribution in [3.8, 4) is 5.75 Å². The fourth-order valence-electron chi connectivity index (χ4n) is 6.48. The van der Waals surface area contributed by atoms with Crippen molar-refractivity contribution < 1.29 is 9.53 Å². The lowest BCUT2D eigenvalue weighted by molar-refractivity contribution is -0.122. The number of carbonyl (C=O) groups excluding carboxylic acids is 1. The molecule has 0 heterocycles. The quantitative estimate of drug-likeness (QED) is 0.745. The van der Waals surface area contributed by atoms with Crippen LogP contribution in [0.25, 0.3) is 6.08 Å². The molecule has 26 heavy (non-hydrogen) atoms. The largest absolute Gasteiger partial charge is 0.496 e. The van der Waals surface area contributed by atoms with Crippen LogP contribution in [0.15, 0.2) is 30.3 Å². The Balaban J connectivity index is 1.45. The molecule has 4 aliphatic rings. The first-order chi connectivity index (χ1) is 12.6. The van der Waals surface area contributed by atoms with Gasteiger partial charge in [-0.15, -0.1) is 0 Å². The number of hydrogen-bond donors (Lipinski definition) is 1. The van der Waals surface area contributed by atoms with Gasteiger partial charge in [0, 0.05) is 17.7 Å². The zero-order valence-corrected chi connectivity index (χ0v) is 16.0. The summed E-state index contributed by atoms with van der Waals surface area (Å²) in [4.78, 5) is 12.6. The van der Waals surface area contributed by atoms with Gasteiger partial charge in [0.1, 0.15) is 5.75 Å². The lowest BCUT2D eigenvalue weighted by atomic mass is 9.47. The third-order valence-electron chi connectivity index (χ3n) is 7.10. The zero-order valence-electron chi connectivity index (χ0n) is 16.0. The van der Waals surface area contributed by atoms with Crippen molar-refractivity contribution in [1.29, 1.82) is 0 Å². The molecule has 0 aliphatic heterocycles. The minimum Gasteiger partial charge on any atom is -0.496 e. The predicted octanol–water partition coefficient (Wildman–Crippen LogP) is 4.82. The highest BCUT2D eigenvalue weighted by Crippen LogP contribution is 2.61. The van der Waals surface area contributed by atoms with Gasteiger partial charge >= 0.3 is 0 Å². The second-order valence-corrected chi connectivity index (χ2v) is 8.82. The van der Waals surface area contributed by atoms with Gasteiger partial charge in [0.25, 0.3) is 0 Å². The lowest BCUT2D eigenvalue weighted by Crippen LogP contribution is -2.56. The molecule has 0 unspecified atom stereocenters. The maximum atomic E-state index is 12.6. The highest BCUT2D eigenvalue weighted by atomic mass is 16.5. The Morgan fingerprint density at radius 1 is 1.19 bits per heavy atom. The summed E-state index contributed by atoms with van der Waals surface area (Å²) in [5.74, 6) is 3.56. The van der Waals surface area contributed by atoms with Gasteiger partial charge in [0.05, 0.1) is 7.11 Å². The van der Waals surface area contributed by atoms with Crippen molar-refractivity contribution in [2.45, 2.75) is 57.9 Å². The lowest BCUT2D eigenvalue weighted by Gasteiger charge is -2.59. The monoisotopic (exact) mass is 353 g/mol. The Hall–Kier alpha value is -1.77. The molecule has 0 saturated heterocycles. The highest BCUT2D eigenvalue weighted by Gasteiger charge is 2.53.